The zero-order chi connectivity index (χ0) is 17.1. The molecule has 1 aliphatic rings. The second-order valence-electron chi connectivity index (χ2n) is 5.50. The Morgan fingerprint density at radius 1 is 1.04 bits per heavy atom. The number of fused-ring (bicyclic) bond motifs is 1. The maximum absolute atomic E-state index is 12.5. The maximum atomic E-state index is 12.5. The lowest BCUT2D eigenvalue weighted by molar-refractivity contribution is -0.138. The highest BCUT2D eigenvalue weighted by molar-refractivity contribution is 5.93. The molecular formula is C18H17NO5. The quantitative estimate of drug-likeness (QED) is 0.807. The summed E-state index contributed by atoms with van der Waals surface area (Å²) in [6, 6.07) is 13.7. The first kappa shape index (κ1) is 15.9. The van der Waals surface area contributed by atoms with Crippen LogP contribution in [-0.4, -0.2) is 37.7 Å². The van der Waals surface area contributed by atoms with E-state index in [2.05, 4.69) is 0 Å². The van der Waals surface area contributed by atoms with E-state index in [9.17, 15) is 9.59 Å². The Kier molecular flexibility index (Phi) is 4.37. The number of carbonyl (C=O) groups is 2. The largest absolute Gasteiger partial charge is 0.454 e. The monoisotopic (exact) mass is 327 g/mol. The normalized spacial score (nSPS) is 13.2. The van der Waals surface area contributed by atoms with E-state index in [0.29, 0.717) is 22.6 Å². The van der Waals surface area contributed by atoms with E-state index in [-0.39, 0.29) is 12.7 Å². The zero-order valence-electron chi connectivity index (χ0n) is 13.4. The minimum atomic E-state index is -1.00. The van der Waals surface area contributed by atoms with Crippen LogP contribution in [0.3, 0.4) is 0 Å². The molecule has 1 unspecified atom stereocenters. The summed E-state index contributed by atoms with van der Waals surface area (Å²) in [6.45, 7) is 0.125. The Morgan fingerprint density at radius 2 is 1.75 bits per heavy atom. The van der Waals surface area contributed by atoms with E-state index >= 15 is 0 Å². The van der Waals surface area contributed by atoms with Crippen LogP contribution in [0.2, 0.25) is 0 Å². The molecule has 0 spiro atoms. The van der Waals surface area contributed by atoms with Crippen molar-refractivity contribution < 1.29 is 23.8 Å². The molecule has 1 atom stereocenters. The van der Waals surface area contributed by atoms with E-state index in [4.69, 9.17) is 14.2 Å². The first-order chi connectivity index (χ1) is 11.6. The molecule has 0 radical (unpaired) electrons. The molecule has 0 bridgehead atoms. The van der Waals surface area contributed by atoms with E-state index in [1.807, 2.05) is 6.07 Å². The van der Waals surface area contributed by atoms with Crippen LogP contribution in [-0.2, 0) is 9.53 Å². The SMILES string of the molecule is CN(C)C(=O)C(OC(=O)c1ccc2c(c1)OCO2)c1ccccc1. The summed E-state index contributed by atoms with van der Waals surface area (Å²) >= 11 is 0. The number of hydrogen-bond acceptors (Lipinski definition) is 5. The Balaban J connectivity index is 1.84. The van der Waals surface area contributed by atoms with Gasteiger partial charge in [-0.15, -0.1) is 0 Å². The fourth-order valence-corrected chi connectivity index (χ4v) is 2.32. The highest BCUT2D eigenvalue weighted by atomic mass is 16.7. The third-order valence-corrected chi connectivity index (χ3v) is 3.60. The van der Waals surface area contributed by atoms with Gasteiger partial charge in [0.25, 0.3) is 5.91 Å². The molecule has 0 aromatic heterocycles. The summed E-state index contributed by atoms with van der Waals surface area (Å²) in [7, 11) is 3.24. The van der Waals surface area contributed by atoms with E-state index in [0.717, 1.165) is 0 Å². The summed E-state index contributed by atoms with van der Waals surface area (Å²) < 4.78 is 16.0. The predicted molar refractivity (Wildman–Crippen MR) is 85.9 cm³/mol. The molecule has 124 valence electrons. The molecule has 1 heterocycles. The number of benzene rings is 2. The van der Waals surface area contributed by atoms with Gasteiger partial charge in [0.05, 0.1) is 5.56 Å². The Labute approximate surface area is 139 Å². The van der Waals surface area contributed by atoms with Crippen molar-refractivity contribution in [2.45, 2.75) is 6.10 Å². The first-order valence-electron chi connectivity index (χ1n) is 7.43. The Morgan fingerprint density at radius 3 is 2.46 bits per heavy atom. The fourth-order valence-electron chi connectivity index (χ4n) is 2.32. The summed E-state index contributed by atoms with van der Waals surface area (Å²) in [5.74, 6) is 0.155. The van der Waals surface area contributed by atoms with Crippen molar-refractivity contribution in [2.24, 2.45) is 0 Å². The average molecular weight is 327 g/mol. The van der Waals surface area contributed by atoms with Crippen LogP contribution in [0, 0.1) is 0 Å². The van der Waals surface area contributed by atoms with Crippen molar-refractivity contribution in [3.8, 4) is 11.5 Å². The molecule has 2 aromatic rings. The minimum Gasteiger partial charge on any atom is -0.454 e. The third-order valence-electron chi connectivity index (χ3n) is 3.60. The van der Waals surface area contributed by atoms with Gasteiger partial charge in [0.1, 0.15) is 0 Å². The zero-order valence-corrected chi connectivity index (χ0v) is 13.4. The van der Waals surface area contributed by atoms with Crippen LogP contribution in [0.15, 0.2) is 48.5 Å². The van der Waals surface area contributed by atoms with Crippen LogP contribution in [0.25, 0.3) is 0 Å². The number of nitrogens with zero attached hydrogens (tertiary/aromatic N) is 1. The summed E-state index contributed by atoms with van der Waals surface area (Å²) in [5.41, 5.74) is 0.914. The van der Waals surface area contributed by atoms with Crippen molar-refractivity contribution in [3.05, 3.63) is 59.7 Å². The molecule has 0 N–H and O–H groups in total. The molecule has 6 nitrogen and oxygen atoms in total. The molecule has 2 aromatic carbocycles. The third kappa shape index (κ3) is 3.17. The molecule has 1 aliphatic heterocycles. The maximum Gasteiger partial charge on any atom is 0.339 e. The number of esters is 1. The summed E-state index contributed by atoms with van der Waals surface area (Å²) in [5, 5.41) is 0. The number of rotatable bonds is 4. The van der Waals surface area contributed by atoms with Crippen LogP contribution in [0.1, 0.15) is 22.0 Å². The van der Waals surface area contributed by atoms with Gasteiger partial charge in [-0.2, -0.15) is 0 Å². The summed E-state index contributed by atoms with van der Waals surface area (Å²) in [6.07, 6.45) is -1.00. The molecule has 0 aliphatic carbocycles. The first-order valence-corrected chi connectivity index (χ1v) is 7.43. The standard InChI is InChI=1S/C18H17NO5/c1-19(2)17(20)16(12-6-4-3-5-7-12)24-18(21)13-8-9-14-15(10-13)23-11-22-14/h3-10,16H,11H2,1-2H3. The molecule has 1 amide bonds. The molecule has 0 saturated carbocycles. The van der Waals surface area contributed by atoms with Gasteiger partial charge in [0, 0.05) is 19.7 Å². The van der Waals surface area contributed by atoms with Gasteiger partial charge in [0.15, 0.2) is 11.5 Å². The number of ether oxygens (including phenoxy) is 3. The van der Waals surface area contributed by atoms with Crippen molar-refractivity contribution in [3.63, 3.8) is 0 Å². The predicted octanol–water partition coefficient (Wildman–Crippen LogP) is 2.40. The number of amides is 1. The lowest BCUT2D eigenvalue weighted by Gasteiger charge is -2.21. The topological polar surface area (TPSA) is 65.1 Å². The molecule has 0 saturated heterocycles. The number of likely N-dealkylation sites (N-methyl/N-ethyl adjacent to an activating group) is 1. The number of hydrogen-bond donors (Lipinski definition) is 0. The van der Waals surface area contributed by atoms with Crippen LogP contribution >= 0.6 is 0 Å². The summed E-state index contributed by atoms with van der Waals surface area (Å²) in [4.78, 5) is 26.3. The highest BCUT2D eigenvalue weighted by Gasteiger charge is 2.27. The van der Waals surface area contributed by atoms with Gasteiger partial charge in [-0.05, 0) is 18.2 Å². The fraction of sp³-hybridized carbons (Fsp3) is 0.222. The molecular weight excluding hydrogens is 310 g/mol. The molecule has 3 rings (SSSR count). The van der Waals surface area contributed by atoms with Crippen molar-refractivity contribution in [1.29, 1.82) is 0 Å². The van der Waals surface area contributed by atoms with Gasteiger partial charge in [-0.1, -0.05) is 30.3 Å². The van der Waals surface area contributed by atoms with E-state index in [1.54, 1.807) is 56.6 Å². The van der Waals surface area contributed by atoms with Crippen LogP contribution in [0.4, 0.5) is 0 Å². The molecule has 0 fully saturated rings. The lowest BCUT2D eigenvalue weighted by atomic mass is 10.1. The van der Waals surface area contributed by atoms with Gasteiger partial charge >= 0.3 is 5.97 Å². The van der Waals surface area contributed by atoms with E-state index in [1.165, 1.54) is 4.90 Å². The molecule has 24 heavy (non-hydrogen) atoms. The average Bonchev–Trinajstić information content (AvgIpc) is 3.07. The van der Waals surface area contributed by atoms with E-state index < -0.39 is 12.1 Å². The van der Waals surface area contributed by atoms with Gasteiger partial charge in [-0.25, -0.2) is 4.79 Å². The van der Waals surface area contributed by atoms with Crippen LogP contribution < -0.4 is 9.47 Å². The van der Waals surface area contributed by atoms with Gasteiger partial charge < -0.3 is 19.1 Å². The number of carbonyl (C=O) groups excluding carboxylic acids is 2. The Hall–Kier alpha value is -3.02. The molecule has 6 heteroatoms. The lowest BCUT2D eigenvalue weighted by Crippen LogP contribution is -2.31. The minimum absolute atomic E-state index is 0.125. The second kappa shape index (κ2) is 6.62. The van der Waals surface area contributed by atoms with Gasteiger partial charge in [0.2, 0.25) is 12.9 Å². The van der Waals surface area contributed by atoms with Gasteiger partial charge in [-0.3, -0.25) is 4.79 Å². The van der Waals surface area contributed by atoms with Crippen molar-refractivity contribution >= 4 is 11.9 Å². The van der Waals surface area contributed by atoms with Crippen LogP contribution in [0.5, 0.6) is 11.5 Å². The highest BCUT2D eigenvalue weighted by Crippen LogP contribution is 2.33. The van der Waals surface area contributed by atoms with Crippen molar-refractivity contribution in [2.75, 3.05) is 20.9 Å². The van der Waals surface area contributed by atoms with Crippen molar-refractivity contribution in [1.82, 2.24) is 4.90 Å². The smallest absolute Gasteiger partial charge is 0.339 e. The Bertz CT molecular complexity index is 757. The second-order valence-corrected chi connectivity index (χ2v) is 5.50.